The van der Waals surface area contributed by atoms with Crippen molar-refractivity contribution in [3.63, 3.8) is 0 Å². The highest BCUT2D eigenvalue weighted by molar-refractivity contribution is 5.94. The standard InChI is InChI=1S/C11H12F3NO3/c1-17-11(18-2,10(12,13)14)15-9(16)8-6-4-3-5-7-8/h3-7H,1-2H3,(H,15,16). The van der Waals surface area contributed by atoms with Crippen molar-refractivity contribution >= 4 is 5.91 Å². The Morgan fingerprint density at radius 2 is 1.61 bits per heavy atom. The number of nitrogens with one attached hydrogen (secondary N) is 1. The number of methoxy groups -OCH3 is 2. The molecular formula is C11H12F3NO3. The van der Waals surface area contributed by atoms with Crippen LogP contribution in [0.5, 0.6) is 0 Å². The van der Waals surface area contributed by atoms with E-state index in [0.29, 0.717) is 0 Å². The van der Waals surface area contributed by atoms with Gasteiger partial charge in [0.25, 0.3) is 5.91 Å². The normalized spacial score (nSPS) is 12.3. The molecule has 1 aromatic rings. The number of alkyl halides is 3. The molecule has 4 nitrogen and oxygen atoms in total. The molecule has 0 saturated carbocycles. The van der Waals surface area contributed by atoms with Gasteiger partial charge in [-0.1, -0.05) is 18.2 Å². The van der Waals surface area contributed by atoms with Gasteiger partial charge in [-0.3, -0.25) is 10.1 Å². The molecule has 100 valence electrons. The van der Waals surface area contributed by atoms with Crippen LogP contribution in [0.15, 0.2) is 30.3 Å². The Morgan fingerprint density at radius 3 is 2.00 bits per heavy atom. The molecule has 1 rings (SSSR count). The third-order valence-corrected chi connectivity index (χ3v) is 2.26. The predicted octanol–water partition coefficient (Wildman–Crippen LogP) is 1.93. The third-order valence-electron chi connectivity index (χ3n) is 2.26. The van der Waals surface area contributed by atoms with Crippen molar-refractivity contribution < 1.29 is 27.4 Å². The highest BCUT2D eigenvalue weighted by atomic mass is 19.4. The Labute approximate surface area is 102 Å². The number of hydrogen-bond acceptors (Lipinski definition) is 3. The summed E-state index contributed by atoms with van der Waals surface area (Å²) in [5.41, 5.74) is 0.0697. The number of carbonyl (C=O) groups excluding carboxylic acids is 1. The average molecular weight is 263 g/mol. The molecule has 0 saturated heterocycles. The summed E-state index contributed by atoms with van der Waals surface area (Å²) in [5, 5.41) is 1.68. The van der Waals surface area contributed by atoms with Gasteiger partial charge in [0, 0.05) is 19.8 Å². The smallest absolute Gasteiger partial charge is 0.329 e. The van der Waals surface area contributed by atoms with E-state index >= 15 is 0 Å². The summed E-state index contributed by atoms with van der Waals surface area (Å²) < 4.78 is 46.9. The molecular weight excluding hydrogens is 251 g/mol. The van der Waals surface area contributed by atoms with Crippen LogP contribution in [-0.4, -0.2) is 32.2 Å². The molecule has 1 amide bonds. The topological polar surface area (TPSA) is 47.6 Å². The lowest BCUT2D eigenvalue weighted by molar-refractivity contribution is -0.375. The molecule has 0 aromatic heterocycles. The highest BCUT2D eigenvalue weighted by Gasteiger charge is 2.58. The number of halogens is 3. The fraction of sp³-hybridized carbons (Fsp3) is 0.364. The molecule has 0 atom stereocenters. The van der Waals surface area contributed by atoms with Crippen molar-refractivity contribution in [1.82, 2.24) is 5.32 Å². The zero-order valence-corrected chi connectivity index (χ0v) is 9.75. The predicted molar refractivity (Wildman–Crippen MR) is 56.7 cm³/mol. The first kappa shape index (κ1) is 14.5. The fourth-order valence-electron chi connectivity index (χ4n) is 1.30. The second-order valence-corrected chi connectivity index (χ2v) is 3.34. The van der Waals surface area contributed by atoms with Gasteiger partial charge in [-0.05, 0) is 12.1 Å². The third kappa shape index (κ3) is 2.80. The van der Waals surface area contributed by atoms with Gasteiger partial charge in [0.2, 0.25) is 0 Å². The Morgan fingerprint density at radius 1 is 1.11 bits per heavy atom. The molecule has 0 fully saturated rings. The van der Waals surface area contributed by atoms with Gasteiger partial charge in [0.15, 0.2) is 0 Å². The second-order valence-electron chi connectivity index (χ2n) is 3.34. The van der Waals surface area contributed by atoms with E-state index in [9.17, 15) is 18.0 Å². The van der Waals surface area contributed by atoms with Crippen LogP contribution in [0.25, 0.3) is 0 Å². The Balaban J connectivity index is 2.96. The van der Waals surface area contributed by atoms with Gasteiger partial charge >= 0.3 is 12.1 Å². The number of carbonyl (C=O) groups is 1. The number of amides is 1. The minimum atomic E-state index is -4.90. The minimum absolute atomic E-state index is 0.0697. The molecule has 0 radical (unpaired) electrons. The van der Waals surface area contributed by atoms with Gasteiger partial charge < -0.3 is 9.47 Å². The Hall–Kier alpha value is -1.60. The van der Waals surface area contributed by atoms with E-state index in [1.165, 1.54) is 24.3 Å². The summed E-state index contributed by atoms with van der Waals surface area (Å²) in [6.45, 7) is 0. The number of ether oxygens (including phenoxy) is 2. The monoisotopic (exact) mass is 263 g/mol. The zero-order valence-electron chi connectivity index (χ0n) is 9.75. The van der Waals surface area contributed by atoms with Gasteiger partial charge in [0.1, 0.15) is 0 Å². The first-order chi connectivity index (χ1) is 8.36. The zero-order chi connectivity index (χ0) is 13.8. The summed E-state index contributed by atoms with van der Waals surface area (Å²) in [4.78, 5) is 11.7. The molecule has 0 bridgehead atoms. The Kier molecular flexibility index (Phi) is 4.31. The first-order valence-corrected chi connectivity index (χ1v) is 4.91. The van der Waals surface area contributed by atoms with E-state index in [1.54, 1.807) is 11.4 Å². The molecule has 18 heavy (non-hydrogen) atoms. The number of benzene rings is 1. The molecule has 0 spiro atoms. The molecule has 1 N–H and O–H groups in total. The minimum Gasteiger partial charge on any atom is -0.329 e. The van der Waals surface area contributed by atoms with Crippen molar-refractivity contribution in [3.05, 3.63) is 35.9 Å². The maximum atomic E-state index is 12.8. The molecule has 7 heteroatoms. The largest absolute Gasteiger partial charge is 0.465 e. The summed E-state index contributed by atoms with van der Waals surface area (Å²) in [7, 11) is 1.59. The van der Waals surface area contributed by atoms with Gasteiger partial charge in [-0.2, -0.15) is 13.2 Å². The van der Waals surface area contributed by atoms with Crippen LogP contribution in [-0.2, 0) is 9.47 Å². The molecule has 0 aliphatic rings. The van der Waals surface area contributed by atoms with Crippen molar-refractivity contribution in [2.75, 3.05) is 14.2 Å². The van der Waals surface area contributed by atoms with E-state index in [2.05, 4.69) is 9.47 Å². The van der Waals surface area contributed by atoms with Crippen molar-refractivity contribution in [3.8, 4) is 0 Å². The quantitative estimate of drug-likeness (QED) is 0.844. The fourth-order valence-corrected chi connectivity index (χ4v) is 1.30. The van der Waals surface area contributed by atoms with Crippen LogP contribution in [0.4, 0.5) is 13.2 Å². The van der Waals surface area contributed by atoms with E-state index in [-0.39, 0.29) is 5.56 Å². The molecule has 0 heterocycles. The van der Waals surface area contributed by atoms with Crippen LogP contribution >= 0.6 is 0 Å². The number of rotatable bonds is 4. The van der Waals surface area contributed by atoms with Crippen LogP contribution in [0.1, 0.15) is 10.4 Å². The molecule has 0 unspecified atom stereocenters. The summed E-state index contributed by atoms with van der Waals surface area (Å²) in [5.74, 6) is -4.10. The maximum Gasteiger partial charge on any atom is 0.465 e. The van der Waals surface area contributed by atoms with Gasteiger partial charge in [-0.25, -0.2) is 0 Å². The van der Waals surface area contributed by atoms with Crippen LogP contribution in [0.3, 0.4) is 0 Å². The SMILES string of the molecule is COC(NC(=O)c1ccccc1)(OC)C(F)(F)F. The molecule has 1 aromatic carbocycles. The summed E-state index contributed by atoms with van der Waals surface area (Å²) in [6, 6.07) is 7.46. The van der Waals surface area contributed by atoms with Crippen molar-refractivity contribution in [2.45, 2.75) is 12.1 Å². The van der Waals surface area contributed by atoms with Crippen LogP contribution < -0.4 is 5.32 Å². The van der Waals surface area contributed by atoms with Crippen molar-refractivity contribution in [1.29, 1.82) is 0 Å². The first-order valence-electron chi connectivity index (χ1n) is 4.91. The molecule has 0 aliphatic carbocycles. The highest BCUT2D eigenvalue weighted by Crippen LogP contribution is 2.31. The van der Waals surface area contributed by atoms with Gasteiger partial charge in [0.05, 0.1) is 0 Å². The molecule has 0 aliphatic heterocycles. The van der Waals surface area contributed by atoms with E-state index in [1.807, 2.05) is 0 Å². The lowest BCUT2D eigenvalue weighted by Crippen LogP contribution is -2.61. The van der Waals surface area contributed by atoms with E-state index < -0.39 is 18.0 Å². The average Bonchev–Trinajstić information content (AvgIpc) is 2.35. The second kappa shape index (κ2) is 5.36. The van der Waals surface area contributed by atoms with Gasteiger partial charge in [-0.15, -0.1) is 0 Å². The van der Waals surface area contributed by atoms with E-state index in [0.717, 1.165) is 14.2 Å². The summed E-state index contributed by atoms with van der Waals surface area (Å²) in [6.07, 6.45) is -4.90. The Bertz CT molecular complexity index is 402. The number of hydrogen-bond donors (Lipinski definition) is 1. The van der Waals surface area contributed by atoms with Crippen LogP contribution in [0.2, 0.25) is 0 Å². The van der Waals surface area contributed by atoms with Crippen LogP contribution in [0, 0.1) is 0 Å². The van der Waals surface area contributed by atoms with E-state index in [4.69, 9.17) is 0 Å². The maximum absolute atomic E-state index is 12.8. The summed E-state index contributed by atoms with van der Waals surface area (Å²) >= 11 is 0. The lowest BCUT2D eigenvalue weighted by atomic mass is 10.2. The van der Waals surface area contributed by atoms with Crippen molar-refractivity contribution in [2.24, 2.45) is 0 Å². The lowest BCUT2D eigenvalue weighted by Gasteiger charge is -2.32.